The van der Waals surface area contributed by atoms with E-state index in [1.54, 1.807) is 13.3 Å². The molecule has 6 heteroatoms. The lowest BCUT2D eigenvalue weighted by Gasteiger charge is -2.37. The molecule has 3 atom stereocenters. The van der Waals surface area contributed by atoms with Crippen LogP contribution in [0, 0.1) is 5.92 Å². The van der Waals surface area contributed by atoms with Crippen molar-refractivity contribution < 1.29 is 9.84 Å². The minimum Gasteiger partial charge on any atom is -0.467 e. The van der Waals surface area contributed by atoms with Gasteiger partial charge in [0.25, 0.3) is 0 Å². The summed E-state index contributed by atoms with van der Waals surface area (Å²) in [6, 6.07) is 0.654. The standard InChI is InChI=1S/C15H22ClN3O2/c1-21-15-17-9-11(16)14(18-15)19-8-4-6-12(19)10-5-2-3-7-13(10)20/h9-10,12-13,20H,2-8H2,1H3/t10-,12+,13+/m0/s1. The highest BCUT2D eigenvalue weighted by atomic mass is 35.5. The molecule has 0 radical (unpaired) electrons. The average Bonchev–Trinajstić information content (AvgIpc) is 2.97. The molecule has 0 amide bonds. The van der Waals surface area contributed by atoms with Gasteiger partial charge in [-0.15, -0.1) is 0 Å². The van der Waals surface area contributed by atoms with Gasteiger partial charge < -0.3 is 14.7 Å². The molecule has 1 aromatic heterocycles. The maximum absolute atomic E-state index is 10.3. The van der Waals surface area contributed by atoms with Crippen LogP contribution < -0.4 is 9.64 Å². The van der Waals surface area contributed by atoms with Crippen molar-refractivity contribution in [2.45, 2.75) is 50.7 Å². The van der Waals surface area contributed by atoms with Gasteiger partial charge in [0, 0.05) is 18.5 Å². The van der Waals surface area contributed by atoms with E-state index in [4.69, 9.17) is 16.3 Å². The maximum Gasteiger partial charge on any atom is 0.318 e. The number of anilines is 1. The molecule has 1 N–H and O–H groups in total. The Labute approximate surface area is 130 Å². The van der Waals surface area contributed by atoms with Crippen LogP contribution in [0.2, 0.25) is 5.02 Å². The molecule has 1 saturated carbocycles. The molecule has 2 heterocycles. The number of hydrogen-bond acceptors (Lipinski definition) is 5. The fraction of sp³-hybridized carbons (Fsp3) is 0.733. The zero-order valence-corrected chi connectivity index (χ0v) is 13.1. The van der Waals surface area contributed by atoms with Crippen LogP contribution in [0.15, 0.2) is 6.20 Å². The normalized spacial score (nSPS) is 29.7. The van der Waals surface area contributed by atoms with Crippen LogP contribution in [0.1, 0.15) is 38.5 Å². The zero-order valence-electron chi connectivity index (χ0n) is 12.3. The van der Waals surface area contributed by atoms with Crippen molar-refractivity contribution in [1.29, 1.82) is 0 Å². The monoisotopic (exact) mass is 311 g/mol. The van der Waals surface area contributed by atoms with E-state index >= 15 is 0 Å². The fourth-order valence-corrected chi connectivity index (χ4v) is 3.93. The van der Waals surface area contributed by atoms with Crippen LogP contribution in [-0.4, -0.2) is 40.9 Å². The van der Waals surface area contributed by atoms with Gasteiger partial charge in [-0.2, -0.15) is 4.98 Å². The third-order valence-corrected chi connectivity index (χ3v) is 5.00. The summed E-state index contributed by atoms with van der Waals surface area (Å²) in [6.07, 6.45) is 7.92. The zero-order chi connectivity index (χ0) is 14.8. The number of aromatic nitrogens is 2. The number of aliphatic hydroxyl groups excluding tert-OH is 1. The highest BCUT2D eigenvalue weighted by Gasteiger charge is 2.38. The molecular formula is C15H22ClN3O2. The summed E-state index contributed by atoms with van der Waals surface area (Å²) < 4.78 is 5.11. The van der Waals surface area contributed by atoms with Gasteiger partial charge in [-0.1, -0.05) is 24.4 Å². The van der Waals surface area contributed by atoms with E-state index in [2.05, 4.69) is 14.9 Å². The first-order valence-electron chi connectivity index (χ1n) is 7.72. The fourth-order valence-electron chi connectivity index (χ4n) is 3.73. The Kier molecular flexibility index (Phi) is 4.50. The number of ether oxygens (including phenoxy) is 1. The van der Waals surface area contributed by atoms with E-state index in [0.717, 1.165) is 44.5 Å². The molecule has 0 bridgehead atoms. The highest BCUT2D eigenvalue weighted by Crippen LogP contribution is 2.38. The highest BCUT2D eigenvalue weighted by molar-refractivity contribution is 6.32. The largest absolute Gasteiger partial charge is 0.467 e. The summed E-state index contributed by atoms with van der Waals surface area (Å²) in [6.45, 7) is 0.924. The average molecular weight is 312 g/mol. The van der Waals surface area contributed by atoms with Crippen LogP contribution in [0.5, 0.6) is 6.01 Å². The quantitative estimate of drug-likeness (QED) is 0.930. The molecule has 2 fully saturated rings. The second-order valence-electron chi connectivity index (χ2n) is 5.95. The number of nitrogens with zero attached hydrogens (tertiary/aromatic N) is 3. The molecule has 0 unspecified atom stereocenters. The van der Waals surface area contributed by atoms with Crippen molar-refractivity contribution in [3.8, 4) is 6.01 Å². The molecule has 1 aromatic rings. The Morgan fingerprint density at radius 3 is 2.86 bits per heavy atom. The van der Waals surface area contributed by atoms with Crippen LogP contribution >= 0.6 is 11.6 Å². The van der Waals surface area contributed by atoms with E-state index < -0.39 is 0 Å². The lowest BCUT2D eigenvalue weighted by Crippen LogP contribution is -2.43. The molecule has 2 aliphatic rings. The second kappa shape index (κ2) is 6.36. The van der Waals surface area contributed by atoms with Crippen molar-refractivity contribution in [3.05, 3.63) is 11.2 Å². The number of methoxy groups -OCH3 is 1. The Balaban J connectivity index is 1.86. The summed E-state index contributed by atoms with van der Waals surface area (Å²) in [5, 5.41) is 10.9. The van der Waals surface area contributed by atoms with Gasteiger partial charge in [0.2, 0.25) is 0 Å². The topological polar surface area (TPSA) is 58.5 Å². The predicted octanol–water partition coefficient (Wildman–Crippen LogP) is 2.66. The van der Waals surface area contributed by atoms with Gasteiger partial charge in [-0.3, -0.25) is 0 Å². The van der Waals surface area contributed by atoms with Crippen molar-refractivity contribution in [2.75, 3.05) is 18.6 Å². The Bertz CT molecular complexity index is 500. The molecule has 1 aliphatic carbocycles. The van der Waals surface area contributed by atoms with E-state index in [1.165, 1.54) is 6.42 Å². The second-order valence-corrected chi connectivity index (χ2v) is 6.35. The molecule has 0 aromatic carbocycles. The maximum atomic E-state index is 10.3. The van der Waals surface area contributed by atoms with Gasteiger partial charge in [0.1, 0.15) is 5.02 Å². The Morgan fingerprint density at radius 1 is 1.29 bits per heavy atom. The van der Waals surface area contributed by atoms with Crippen molar-refractivity contribution >= 4 is 17.4 Å². The molecular weight excluding hydrogens is 290 g/mol. The molecule has 5 nitrogen and oxygen atoms in total. The lowest BCUT2D eigenvalue weighted by atomic mass is 9.80. The van der Waals surface area contributed by atoms with Gasteiger partial charge in [0.15, 0.2) is 5.82 Å². The van der Waals surface area contributed by atoms with Crippen LogP contribution in [0.3, 0.4) is 0 Å². The Hall–Kier alpha value is -1.07. The van der Waals surface area contributed by atoms with E-state index in [-0.39, 0.29) is 6.10 Å². The third-order valence-electron chi connectivity index (χ3n) is 4.73. The molecule has 116 valence electrons. The summed E-state index contributed by atoms with van der Waals surface area (Å²) in [7, 11) is 1.55. The molecule has 21 heavy (non-hydrogen) atoms. The minimum absolute atomic E-state index is 0.202. The van der Waals surface area contributed by atoms with Crippen LogP contribution in [-0.2, 0) is 0 Å². The number of aliphatic hydroxyl groups is 1. The molecule has 1 saturated heterocycles. The minimum atomic E-state index is -0.202. The SMILES string of the molecule is COc1ncc(Cl)c(N2CCC[C@@H]2[C@@H]2CCCC[C@H]2O)n1. The lowest BCUT2D eigenvalue weighted by molar-refractivity contribution is 0.0565. The molecule has 1 aliphatic heterocycles. The van der Waals surface area contributed by atoms with Crippen molar-refractivity contribution in [2.24, 2.45) is 5.92 Å². The first-order valence-corrected chi connectivity index (χ1v) is 8.09. The smallest absolute Gasteiger partial charge is 0.318 e. The first kappa shape index (κ1) is 14.9. The summed E-state index contributed by atoms with van der Waals surface area (Å²) in [5.74, 6) is 1.06. The van der Waals surface area contributed by atoms with Gasteiger partial charge in [-0.25, -0.2) is 4.98 Å². The number of rotatable bonds is 3. The molecule has 3 rings (SSSR count). The predicted molar refractivity (Wildman–Crippen MR) is 81.9 cm³/mol. The molecule has 0 spiro atoms. The first-order chi connectivity index (χ1) is 10.2. The number of halogens is 1. The van der Waals surface area contributed by atoms with Gasteiger partial charge >= 0.3 is 6.01 Å². The summed E-state index contributed by atoms with van der Waals surface area (Å²) >= 11 is 6.29. The third kappa shape index (κ3) is 2.94. The summed E-state index contributed by atoms with van der Waals surface area (Å²) in [4.78, 5) is 10.7. The number of hydrogen-bond donors (Lipinski definition) is 1. The van der Waals surface area contributed by atoms with E-state index in [0.29, 0.717) is 23.0 Å². The van der Waals surface area contributed by atoms with E-state index in [1.807, 2.05) is 0 Å². The van der Waals surface area contributed by atoms with Crippen LogP contribution in [0.25, 0.3) is 0 Å². The van der Waals surface area contributed by atoms with Crippen molar-refractivity contribution in [1.82, 2.24) is 9.97 Å². The van der Waals surface area contributed by atoms with E-state index in [9.17, 15) is 5.11 Å². The van der Waals surface area contributed by atoms with Gasteiger partial charge in [0.05, 0.1) is 19.4 Å². The van der Waals surface area contributed by atoms with Crippen LogP contribution in [0.4, 0.5) is 5.82 Å². The van der Waals surface area contributed by atoms with Crippen molar-refractivity contribution in [3.63, 3.8) is 0 Å². The Morgan fingerprint density at radius 2 is 2.10 bits per heavy atom. The summed E-state index contributed by atoms with van der Waals surface area (Å²) in [5.41, 5.74) is 0. The van der Waals surface area contributed by atoms with Gasteiger partial charge in [-0.05, 0) is 25.7 Å².